The normalized spacial score (nSPS) is 17.0. The first-order chi connectivity index (χ1) is 12.6. The van der Waals surface area contributed by atoms with Crippen LogP contribution in [0.1, 0.15) is 19.2 Å². The maximum atomic E-state index is 14.0. The van der Waals surface area contributed by atoms with Crippen LogP contribution in [0.15, 0.2) is 29.5 Å². The summed E-state index contributed by atoms with van der Waals surface area (Å²) >= 11 is 0. The highest BCUT2D eigenvalue weighted by Gasteiger charge is 2.27. The van der Waals surface area contributed by atoms with Crippen molar-refractivity contribution in [3.05, 3.63) is 42.0 Å². The van der Waals surface area contributed by atoms with Crippen molar-refractivity contribution in [2.75, 3.05) is 25.0 Å². The first-order valence-corrected chi connectivity index (χ1v) is 8.65. The summed E-state index contributed by atoms with van der Waals surface area (Å²) < 4.78 is 29.9. The van der Waals surface area contributed by atoms with Crippen LogP contribution in [0.2, 0.25) is 0 Å². The minimum atomic E-state index is -0.535. The third kappa shape index (κ3) is 5.05. The van der Waals surface area contributed by atoms with Crippen LogP contribution in [0, 0.1) is 11.6 Å². The van der Waals surface area contributed by atoms with Gasteiger partial charge in [-0.05, 0) is 25.5 Å². The molecule has 2 heterocycles. The second-order valence-corrected chi connectivity index (χ2v) is 6.11. The van der Waals surface area contributed by atoms with Crippen molar-refractivity contribution in [3.8, 4) is 0 Å². The predicted octanol–water partition coefficient (Wildman–Crippen LogP) is 2.14. The van der Waals surface area contributed by atoms with Gasteiger partial charge in [0.2, 0.25) is 0 Å². The van der Waals surface area contributed by atoms with E-state index < -0.39 is 11.6 Å². The zero-order valence-electron chi connectivity index (χ0n) is 15.3. The average Bonchev–Trinajstić information content (AvgIpc) is 3.27. The molecule has 10 heteroatoms. The van der Waals surface area contributed by atoms with Gasteiger partial charge >= 0.3 is 0 Å². The van der Waals surface area contributed by atoms with Gasteiger partial charge in [-0.25, -0.2) is 8.78 Å². The number of rotatable bonds is 5. The van der Waals surface area contributed by atoms with Crippen LogP contribution >= 0.6 is 24.0 Å². The summed E-state index contributed by atoms with van der Waals surface area (Å²) in [5.41, 5.74) is 0.0378. The predicted molar refractivity (Wildman–Crippen MR) is 111 cm³/mol. The van der Waals surface area contributed by atoms with E-state index >= 15 is 0 Å². The monoisotopic (exact) mass is 491 g/mol. The van der Waals surface area contributed by atoms with Crippen LogP contribution in [0.5, 0.6) is 0 Å². The number of hydrogen-bond donors (Lipinski definition) is 2. The van der Waals surface area contributed by atoms with Gasteiger partial charge in [0.05, 0.1) is 6.54 Å². The van der Waals surface area contributed by atoms with Gasteiger partial charge in [-0.1, -0.05) is 6.07 Å². The SMILES string of the molecule is CCn1cnnc1CNC(=NC)NC1CCN(c2c(F)cccc2F)C1.I. The van der Waals surface area contributed by atoms with Gasteiger partial charge in [-0.15, -0.1) is 34.2 Å². The minimum absolute atomic E-state index is 0. The van der Waals surface area contributed by atoms with Crippen molar-refractivity contribution < 1.29 is 8.78 Å². The number of halogens is 3. The zero-order valence-corrected chi connectivity index (χ0v) is 17.7. The molecule has 148 valence electrons. The van der Waals surface area contributed by atoms with Crippen molar-refractivity contribution >= 4 is 35.6 Å². The van der Waals surface area contributed by atoms with Crippen LogP contribution < -0.4 is 15.5 Å². The van der Waals surface area contributed by atoms with Crippen molar-refractivity contribution in [1.82, 2.24) is 25.4 Å². The molecule has 0 amide bonds. The number of hydrogen-bond acceptors (Lipinski definition) is 4. The summed E-state index contributed by atoms with van der Waals surface area (Å²) in [6.07, 6.45) is 2.45. The van der Waals surface area contributed by atoms with E-state index in [1.165, 1.54) is 18.2 Å². The summed E-state index contributed by atoms with van der Waals surface area (Å²) in [5.74, 6) is 0.368. The number of aryl methyl sites for hydroxylation is 1. The van der Waals surface area contributed by atoms with E-state index in [4.69, 9.17) is 0 Å². The molecule has 0 saturated carbocycles. The average molecular weight is 491 g/mol. The van der Waals surface area contributed by atoms with E-state index in [2.05, 4.69) is 25.8 Å². The molecule has 7 nitrogen and oxygen atoms in total. The van der Waals surface area contributed by atoms with Gasteiger partial charge < -0.3 is 20.1 Å². The Labute approximate surface area is 174 Å². The summed E-state index contributed by atoms with van der Waals surface area (Å²) in [5, 5.41) is 14.5. The largest absolute Gasteiger partial charge is 0.365 e. The topological polar surface area (TPSA) is 70.4 Å². The Morgan fingerprint density at radius 3 is 2.74 bits per heavy atom. The summed E-state index contributed by atoms with van der Waals surface area (Å²) in [7, 11) is 1.68. The standard InChI is InChI=1S/C17H23F2N7.HI/c1-3-25-11-22-24-15(25)9-21-17(20-2)23-12-7-8-26(10-12)16-13(18)5-4-6-14(16)19;/h4-6,11-12H,3,7-10H2,1-2H3,(H2,20,21,23);1H. The Morgan fingerprint density at radius 2 is 2.07 bits per heavy atom. The van der Waals surface area contributed by atoms with Crippen LogP contribution in [0.3, 0.4) is 0 Å². The highest BCUT2D eigenvalue weighted by atomic mass is 127. The highest BCUT2D eigenvalue weighted by Crippen LogP contribution is 2.26. The van der Waals surface area contributed by atoms with Crippen LogP contribution in [0.25, 0.3) is 0 Å². The number of nitrogens with one attached hydrogen (secondary N) is 2. The molecule has 27 heavy (non-hydrogen) atoms. The number of para-hydroxylation sites is 1. The fraction of sp³-hybridized carbons (Fsp3) is 0.471. The molecule has 0 radical (unpaired) electrons. The van der Waals surface area contributed by atoms with Gasteiger partial charge in [0.25, 0.3) is 0 Å². The third-order valence-electron chi connectivity index (χ3n) is 4.46. The first-order valence-electron chi connectivity index (χ1n) is 8.65. The van der Waals surface area contributed by atoms with E-state index in [0.717, 1.165) is 18.8 Å². The second kappa shape index (κ2) is 9.81. The Hall–Kier alpha value is -1.98. The molecule has 1 aliphatic rings. The lowest BCUT2D eigenvalue weighted by Gasteiger charge is -2.21. The maximum absolute atomic E-state index is 14.0. The summed E-state index contributed by atoms with van der Waals surface area (Å²) in [6.45, 7) is 4.39. The molecule has 1 aromatic carbocycles. The lowest BCUT2D eigenvalue weighted by atomic mass is 10.2. The number of nitrogens with zero attached hydrogens (tertiary/aromatic N) is 5. The maximum Gasteiger partial charge on any atom is 0.191 e. The van der Waals surface area contributed by atoms with Crippen molar-refractivity contribution in [1.29, 1.82) is 0 Å². The highest BCUT2D eigenvalue weighted by molar-refractivity contribution is 14.0. The number of aromatic nitrogens is 3. The molecule has 1 aromatic heterocycles. The zero-order chi connectivity index (χ0) is 18.5. The molecule has 1 fully saturated rings. The van der Waals surface area contributed by atoms with Crippen LogP contribution in [0.4, 0.5) is 14.5 Å². The second-order valence-electron chi connectivity index (χ2n) is 6.11. The van der Waals surface area contributed by atoms with E-state index in [1.54, 1.807) is 18.3 Å². The molecular formula is C17H24F2IN7. The molecule has 0 aliphatic carbocycles. The number of guanidine groups is 1. The van der Waals surface area contributed by atoms with Crippen LogP contribution in [-0.4, -0.2) is 46.9 Å². The Morgan fingerprint density at radius 1 is 1.33 bits per heavy atom. The Kier molecular flexibility index (Phi) is 7.75. The smallest absolute Gasteiger partial charge is 0.191 e. The van der Waals surface area contributed by atoms with Crippen molar-refractivity contribution in [2.45, 2.75) is 32.5 Å². The summed E-state index contributed by atoms with van der Waals surface area (Å²) in [6, 6.07) is 3.98. The van der Waals surface area contributed by atoms with Crippen LogP contribution in [-0.2, 0) is 13.1 Å². The fourth-order valence-electron chi connectivity index (χ4n) is 3.10. The number of anilines is 1. The molecule has 1 atom stereocenters. The van der Waals surface area contributed by atoms with Gasteiger partial charge in [-0.3, -0.25) is 4.99 Å². The molecular weight excluding hydrogens is 467 g/mol. The number of aliphatic imine (C=N–C) groups is 1. The van der Waals surface area contributed by atoms with Crippen molar-refractivity contribution in [2.24, 2.45) is 4.99 Å². The Balaban J connectivity index is 0.00000261. The molecule has 1 unspecified atom stereocenters. The molecule has 2 aromatic rings. The van der Waals surface area contributed by atoms with E-state index in [0.29, 0.717) is 25.6 Å². The van der Waals surface area contributed by atoms with E-state index in [1.807, 2.05) is 11.5 Å². The van der Waals surface area contributed by atoms with Gasteiger partial charge in [0.15, 0.2) is 11.8 Å². The van der Waals surface area contributed by atoms with Gasteiger partial charge in [0, 0.05) is 32.7 Å². The lowest BCUT2D eigenvalue weighted by Crippen LogP contribution is -2.44. The van der Waals surface area contributed by atoms with E-state index in [9.17, 15) is 8.78 Å². The van der Waals surface area contributed by atoms with Gasteiger partial charge in [0.1, 0.15) is 23.6 Å². The lowest BCUT2D eigenvalue weighted by molar-refractivity contribution is 0.575. The molecule has 1 saturated heterocycles. The van der Waals surface area contributed by atoms with E-state index in [-0.39, 0.29) is 35.7 Å². The first kappa shape index (κ1) is 21.3. The number of benzene rings is 1. The van der Waals surface area contributed by atoms with Gasteiger partial charge in [-0.2, -0.15) is 0 Å². The Bertz CT molecular complexity index is 760. The molecule has 1 aliphatic heterocycles. The third-order valence-corrected chi connectivity index (χ3v) is 4.46. The quantitative estimate of drug-likeness (QED) is 0.381. The summed E-state index contributed by atoms with van der Waals surface area (Å²) in [4.78, 5) is 5.94. The molecule has 3 rings (SSSR count). The fourth-order valence-corrected chi connectivity index (χ4v) is 3.10. The molecule has 0 spiro atoms. The molecule has 2 N–H and O–H groups in total. The molecule has 0 bridgehead atoms. The van der Waals surface area contributed by atoms with Crippen molar-refractivity contribution in [3.63, 3.8) is 0 Å². The minimum Gasteiger partial charge on any atom is -0.365 e.